The summed E-state index contributed by atoms with van der Waals surface area (Å²) < 4.78 is 4.09. The second-order valence-corrected chi connectivity index (χ2v) is 7.04. The van der Waals surface area contributed by atoms with E-state index in [0.717, 1.165) is 10.0 Å². The molecule has 0 fully saturated rings. The van der Waals surface area contributed by atoms with Gasteiger partial charge in [0.15, 0.2) is 0 Å². The number of nitro groups is 1. The molecule has 0 aliphatic carbocycles. The van der Waals surface area contributed by atoms with Crippen molar-refractivity contribution in [3.63, 3.8) is 0 Å². The van der Waals surface area contributed by atoms with Gasteiger partial charge in [0.1, 0.15) is 12.4 Å². The van der Waals surface area contributed by atoms with E-state index < -0.39 is 10.8 Å². The average molecular weight is 433 g/mol. The molecule has 1 aromatic carbocycles. The van der Waals surface area contributed by atoms with Gasteiger partial charge in [0, 0.05) is 11.9 Å². The molecule has 1 atom stereocenters. The zero-order valence-corrected chi connectivity index (χ0v) is 16.0. The average Bonchev–Trinajstić information content (AvgIpc) is 3.24. The van der Waals surface area contributed by atoms with E-state index in [1.807, 2.05) is 30.5 Å². The predicted molar refractivity (Wildman–Crippen MR) is 102 cm³/mol. The van der Waals surface area contributed by atoms with E-state index in [1.54, 1.807) is 17.8 Å². The Hall–Kier alpha value is -3.01. The number of amides is 1. The zero-order chi connectivity index (χ0) is 19.4. The summed E-state index contributed by atoms with van der Waals surface area (Å²) in [6.45, 7) is 2.58. The number of anilines is 1. The Balaban J connectivity index is 1.60. The molecular weight excluding hydrogens is 416 g/mol. The number of carbonyl (C=O) groups is 1. The fourth-order valence-corrected chi connectivity index (χ4v) is 2.86. The number of aromatic nitrogens is 4. The van der Waals surface area contributed by atoms with Crippen molar-refractivity contribution in [1.29, 1.82) is 0 Å². The molecule has 0 saturated heterocycles. The molecule has 0 aliphatic heterocycles. The SMILES string of the molecule is CC(Cn1cc([N+](=O)[O-])cn1)C(=O)Nc1cccc(Cn2cc(Br)cn2)c1. The van der Waals surface area contributed by atoms with Crippen LogP contribution >= 0.6 is 15.9 Å². The highest BCUT2D eigenvalue weighted by Crippen LogP contribution is 2.15. The molecule has 0 spiro atoms. The van der Waals surface area contributed by atoms with Crippen molar-refractivity contribution in [3.8, 4) is 0 Å². The lowest BCUT2D eigenvalue weighted by Crippen LogP contribution is -2.24. The van der Waals surface area contributed by atoms with Crippen LogP contribution in [0.3, 0.4) is 0 Å². The van der Waals surface area contributed by atoms with Gasteiger partial charge in [-0.15, -0.1) is 0 Å². The second-order valence-electron chi connectivity index (χ2n) is 6.12. The Morgan fingerprint density at radius 1 is 1.30 bits per heavy atom. The van der Waals surface area contributed by atoms with Crippen molar-refractivity contribution >= 4 is 33.2 Å². The molecule has 9 nitrogen and oxygen atoms in total. The number of hydrogen-bond acceptors (Lipinski definition) is 5. The van der Waals surface area contributed by atoms with Gasteiger partial charge in [-0.2, -0.15) is 10.2 Å². The molecular formula is C17H17BrN6O3. The minimum absolute atomic E-state index is 0.0967. The summed E-state index contributed by atoms with van der Waals surface area (Å²) in [4.78, 5) is 22.6. The van der Waals surface area contributed by atoms with E-state index in [0.29, 0.717) is 12.2 Å². The van der Waals surface area contributed by atoms with E-state index in [-0.39, 0.29) is 18.1 Å². The molecule has 10 heteroatoms. The molecule has 2 heterocycles. The van der Waals surface area contributed by atoms with Crippen molar-refractivity contribution in [3.05, 3.63) is 69.2 Å². The van der Waals surface area contributed by atoms with Gasteiger partial charge < -0.3 is 5.32 Å². The van der Waals surface area contributed by atoms with Crippen LogP contribution in [0.15, 0.2) is 53.5 Å². The Labute approximate surface area is 163 Å². The minimum atomic E-state index is -0.516. The van der Waals surface area contributed by atoms with E-state index in [1.165, 1.54) is 17.1 Å². The van der Waals surface area contributed by atoms with Crippen LogP contribution in [-0.4, -0.2) is 30.4 Å². The molecule has 3 aromatic rings. The largest absolute Gasteiger partial charge is 0.326 e. The third-order valence-corrected chi connectivity index (χ3v) is 4.29. The van der Waals surface area contributed by atoms with E-state index >= 15 is 0 Å². The molecule has 27 heavy (non-hydrogen) atoms. The Morgan fingerprint density at radius 2 is 2.07 bits per heavy atom. The lowest BCUT2D eigenvalue weighted by atomic mass is 10.1. The maximum Gasteiger partial charge on any atom is 0.306 e. The monoisotopic (exact) mass is 432 g/mol. The minimum Gasteiger partial charge on any atom is -0.326 e. The number of carbonyl (C=O) groups excluding carboxylic acids is 1. The lowest BCUT2D eigenvalue weighted by molar-refractivity contribution is -0.385. The van der Waals surface area contributed by atoms with Gasteiger partial charge in [-0.05, 0) is 33.6 Å². The second kappa shape index (κ2) is 8.12. The molecule has 0 aliphatic rings. The van der Waals surface area contributed by atoms with Gasteiger partial charge in [0.2, 0.25) is 5.91 Å². The van der Waals surface area contributed by atoms with Crippen molar-refractivity contribution in [2.75, 3.05) is 5.32 Å². The summed E-state index contributed by atoms with van der Waals surface area (Å²) in [5.41, 5.74) is 1.58. The molecule has 1 amide bonds. The first-order chi connectivity index (χ1) is 12.9. The van der Waals surface area contributed by atoms with Crippen molar-refractivity contribution < 1.29 is 9.72 Å². The fourth-order valence-electron chi connectivity index (χ4n) is 2.54. The number of halogens is 1. The normalized spacial score (nSPS) is 11.9. The number of hydrogen-bond donors (Lipinski definition) is 1. The highest BCUT2D eigenvalue weighted by molar-refractivity contribution is 9.10. The summed E-state index contributed by atoms with van der Waals surface area (Å²) in [6.07, 6.45) is 6.07. The van der Waals surface area contributed by atoms with Gasteiger partial charge in [0.05, 0.1) is 34.6 Å². The molecule has 1 N–H and O–H groups in total. The van der Waals surface area contributed by atoms with Crippen molar-refractivity contribution in [1.82, 2.24) is 19.6 Å². The number of nitrogens with zero attached hydrogens (tertiary/aromatic N) is 5. The molecule has 0 bridgehead atoms. The van der Waals surface area contributed by atoms with Gasteiger partial charge in [-0.1, -0.05) is 19.1 Å². The third-order valence-electron chi connectivity index (χ3n) is 3.88. The van der Waals surface area contributed by atoms with Gasteiger partial charge in [-0.3, -0.25) is 24.3 Å². The fraction of sp³-hybridized carbons (Fsp3) is 0.235. The Kier molecular flexibility index (Phi) is 5.65. The predicted octanol–water partition coefficient (Wildman–Crippen LogP) is 3.07. The first-order valence-electron chi connectivity index (χ1n) is 8.15. The van der Waals surface area contributed by atoms with Gasteiger partial charge in [0.25, 0.3) is 0 Å². The standard InChI is InChI=1S/C17H17BrN6O3/c1-12(8-22-11-16(7-20-22)24(26)27)17(25)21-15-4-2-3-13(5-15)9-23-10-14(18)6-19-23/h2-7,10-12H,8-9H2,1H3,(H,21,25). The van der Waals surface area contributed by atoms with Crippen LogP contribution in [0.5, 0.6) is 0 Å². The number of benzene rings is 1. The summed E-state index contributed by atoms with van der Waals surface area (Å²) in [5.74, 6) is -0.595. The van der Waals surface area contributed by atoms with Crippen molar-refractivity contribution in [2.24, 2.45) is 5.92 Å². The molecule has 0 radical (unpaired) electrons. The first-order valence-corrected chi connectivity index (χ1v) is 8.94. The summed E-state index contributed by atoms with van der Waals surface area (Å²) in [6, 6.07) is 7.52. The maximum absolute atomic E-state index is 12.4. The summed E-state index contributed by atoms with van der Waals surface area (Å²) >= 11 is 3.36. The van der Waals surface area contributed by atoms with Crippen LogP contribution in [0.25, 0.3) is 0 Å². The van der Waals surface area contributed by atoms with Crippen molar-refractivity contribution in [2.45, 2.75) is 20.0 Å². The van der Waals surface area contributed by atoms with Crippen LogP contribution in [0, 0.1) is 16.0 Å². The molecule has 0 saturated carbocycles. The highest BCUT2D eigenvalue weighted by atomic mass is 79.9. The number of rotatable bonds is 7. The molecule has 2 aromatic heterocycles. The molecule has 1 unspecified atom stereocenters. The Bertz CT molecular complexity index is 967. The number of nitrogens with one attached hydrogen (secondary N) is 1. The van der Waals surface area contributed by atoms with Gasteiger partial charge in [-0.25, -0.2) is 0 Å². The quantitative estimate of drug-likeness (QED) is 0.455. The smallest absolute Gasteiger partial charge is 0.306 e. The lowest BCUT2D eigenvalue weighted by Gasteiger charge is -2.13. The summed E-state index contributed by atoms with van der Waals surface area (Å²) in [7, 11) is 0. The molecule has 140 valence electrons. The topological polar surface area (TPSA) is 108 Å². The van der Waals surface area contributed by atoms with Crippen LogP contribution in [0.2, 0.25) is 0 Å². The van der Waals surface area contributed by atoms with E-state index in [4.69, 9.17) is 0 Å². The van der Waals surface area contributed by atoms with E-state index in [2.05, 4.69) is 31.4 Å². The highest BCUT2D eigenvalue weighted by Gasteiger charge is 2.16. The Morgan fingerprint density at radius 3 is 2.74 bits per heavy atom. The third kappa shape index (κ3) is 5.00. The first kappa shape index (κ1) is 18.8. The van der Waals surface area contributed by atoms with Crippen LogP contribution in [0.1, 0.15) is 12.5 Å². The maximum atomic E-state index is 12.4. The van der Waals surface area contributed by atoms with Gasteiger partial charge >= 0.3 is 5.69 Å². The molecule has 3 rings (SSSR count). The van der Waals surface area contributed by atoms with Crippen LogP contribution in [0.4, 0.5) is 11.4 Å². The summed E-state index contributed by atoms with van der Waals surface area (Å²) in [5, 5.41) is 21.7. The van der Waals surface area contributed by atoms with E-state index in [9.17, 15) is 14.9 Å². The van der Waals surface area contributed by atoms with Crippen LogP contribution in [-0.2, 0) is 17.9 Å². The zero-order valence-electron chi connectivity index (χ0n) is 14.4. The van der Waals surface area contributed by atoms with Crippen LogP contribution < -0.4 is 5.32 Å².